The Bertz CT molecular complexity index is 415. The summed E-state index contributed by atoms with van der Waals surface area (Å²) in [6.07, 6.45) is 4.10. The van der Waals surface area contributed by atoms with E-state index < -0.39 is 10.0 Å². The fourth-order valence-electron chi connectivity index (χ4n) is 1.15. The van der Waals surface area contributed by atoms with Gasteiger partial charge in [0, 0.05) is 6.54 Å². The number of sulfonamides is 1. The van der Waals surface area contributed by atoms with E-state index in [2.05, 4.69) is 21.8 Å². The normalized spacial score (nSPS) is 11.8. The fourth-order valence-corrected chi connectivity index (χ4v) is 3.05. The molecule has 0 bridgehead atoms. The highest BCUT2D eigenvalue weighted by Crippen LogP contribution is 2.16. The maximum Gasteiger partial charge on any atom is 0.269 e. The van der Waals surface area contributed by atoms with Crippen LogP contribution in [0.5, 0.6) is 0 Å². The lowest BCUT2D eigenvalue weighted by atomic mass is 10.2. The quantitative estimate of drug-likeness (QED) is 0.715. The molecule has 0 saturated heterocycles. The van der Waals surface area contributed by atoms with E-state index in [-0.39, 0.29) is 9.47 Å². The highest BCUT2D eigenvalue weighted by molar-refractivity contribution is 7.91. The molecule has 0 fully saturated rings. The molecule has 0 unspecified atom stereocenters. The number of anilines is 1. The van der Waals surface area contributed by atoms with E-state index in [0.29, 0.717) is 6.54 Å². The molecular formula is C8H16N4O2S2. The second kappa shape index (κ2) is 6.12. The molecule has 0 radical (unpaired) electrons. The van der Waals surface area contributed by atoms with Crippen molar-refractivity contribution in [2.45, 2.75) is 36.9 Å². The van der Waals surface area contributed by atoms with E-state index in [1.54, 1.807) is 0 Å². The summed E-state index contributed by atoms with van der Waals surface area (Å²) in [5.74, 6) is 0. The summed E-state index contributed by atoms with van der Waals surface area (Å²) >= 11 is 0.868. The van der Waals surface area contributed by atoms with Gasteiger partial charge in [-0.2, -0.15) is 0 Å². The maximum absolute atomic E-state index is 11.6. The zero-order chi connectivity index (χ0) is 12.0. The molecule has 1 aromatic heterocycles. The second-order valence-corrected chi connectivity index (χ2v) is 6.31. The average molecular weight is 264 g/mol. The number of aromatic nitrogens is 2. The van der Waals surface area contributed by atoms with Crippen LogP contribution in [0.3, 0.4) is 0 Å². The predicted molar refractivity (Wildman–Crippen MR) is 63.7 cm³/mol. The van der Waals surface area contributed by atoms with Crippen molar-refractivity contribution >= 4 is 26.5 Å². The van der Waals surface area contributed by atoms with Gasteiger partial charge in [0.15, 0.2) is 0 Å². The van der Waals surface area contributed by atoms with Gasteiger partial charge in [-0.05, 0) is 6.42 Å². The zero-order valence-electron chi connectivity index (χ0n) is 9.14. The largest absolute Gasteiger partial charge is 0.374 e. The van der Waals surface area contributed by atoms with E-state index in [0.717, 1.165) is 37.0 Å². The summed E-state index contributed by atoms with van der Waals surface area (Å²) in [6, 6.07) is 0. The predicted octanol–water partition coefficient (Wildman–Crippen LogP) is 0.979. The standard InChI is InChI=1S/C8H16N4O2S2/c1-2-3-4-5-6-10-16(13,14)8-12-11-7(9)15-8/h10H,2-6H2,1H3,(H2,9,11). The van der Waals surface area contributed by atoms with Crippen LogP contribution in [0, 0.1) is 0 Å². The molecule has 0 aliphatic heterocycles. The number of rotatable bonds is 7. The molecular weight excluding hydrogens is 248 g/mol. The minimum Gasteiger partial charge on any atom is -0.374 e. The Hall–Kier alpha value is -0.730. The molecule has 0 atom stereocenters. The van der Waals surface area contributed by atoms with Crippen molar-refractivity contribution in [2.24, 2.45) is 0 Å². The highest BCUT2D eigenvalue weighted by atomic mass is 32.2. The van der Waals surface area contributed by atoms with Gasteiger partial charge in [-0.15, -0.1) is 10.2 Å². The van der Waals surface area contributed by atoms with Gasteiger partial charge in [-0.1, -0.05) is 37.5 Å². The van der Waals surface area contributed by atoms with Crippen LogP contribution in [-0.4, -0.2) is 25.2 Å². The Morgan fingerprint density at radius 3 is 2.62 bits per heavy atom. The minimum atomic E-state index is -3.51. The number of nitrogens with one attached hydrogen (secondary N) is 1. The van der Waals surface area contributed by atoms with E-state index in [9.17, 15) is 8.42 Å². The Morgan fingerprint density at radius 2 is 2.06 bits per heavy atom. The molecule has 0 aliphatic carbocycles. The van der Waals surface area contributed by atoms with Gasteiger partial charge in [0.1, 0.15) is 0 Å². The summed E-state index contributed by atoms with van der Waals surface area (Å²) in [5, 5.41) is 7.12. The monoisotopic (exact) mass is 264 g/mol. The minimum absolute atomic E-state index is 0.0690. The molecule has 16 heavy (non-hydrogen) atoms. The van der Waals surface area contributed by atoms with Crippen molar-refractivity contribution in [3.05, 3.63) is 0 Å². The van der Waals surface area contributed by atoms with Crippen LogP contribution in [0.25, 0.3) is 0 Å². The van der Waals surface area contributed by atoms with Gasteiger partial charge < -0.3 is 5.73 Å². The third-order valence-corrected chi connectivity index (χ3v) is 4.56. The molecule has 1 aromatic rings. The summed E-state index contributed by atoms with van der Waals surface area (Å²) < 4.78 is 25.6. The van der Waals surface area contributed by atoms with Crippen LogP contribution in [0.1, 0.15) is 32.6 Å². The Kier molecular flexibility index (Phi) is 5.10. The fraction of sp³-hybridized carbons (Fsp3) is 0.750. The Morgan fingerprint density at radius 1 is 1.31 bits per heavy atom. The first kappa shape index (κ1) is 13.3. The zero-order valence-corrected chi connectivity index (χ0v) is 10.8. The lowest BCUT2D eigenvalue weighted by molar-refractivity contribution is 0.572. The molecule has 0 aromatic carbocycles. The molecule has 0 aliphatic rings. The van der Waals surface area contributed by atoms with E-state index >= 15 is 0 Å². The van der Waals surface area contributed by atoms with Gasteiger partial charge in [0.25, 0.3) is 10.0 Å². The lowest BCUT2D eigenvalue weighted by Crippen LogP contribution is -2.24. The molecule has 1 rings (SSSR count). The summed E-state index contributed by atoms with van der Waals surface area (Å²) in [7, 11) is -3.51. The van der Waals surface area contributed by atoms with Crippen molar-refractivity contribution in [1.82, 2.24) is 14.9 Å². The lowest BCUT2D eigenvalue weighted by Gasteiger charge is -2.02. The van der Waals surface area contributed by atoms with Crippen LogP contribution < -0.4 is 10.5 Å². The van der Waals surface area contributed by atoms with Gasteiger partial charge >= 0.3 is 0 Å². The summed E-state index contributed by atoms with van der Waals surface area (Å²) in [5.41, 5.74) is 5.32. The first-order chi connectivity index (χ1) is 7.56. The second-order valence-electron chi connectivity index (χ2n) is 3.36. The van der Waals surface area contributed by atoms with Gasteiger partial charge in [0.2, 0.25) is 9.47 Å². The van der Waals surface area contributed by atoms with Crippen molar-refractivity contribution in [3.63, 3.8) is 0 Å². The smallest absolute Gasteiger partial charge is 0.269 e. The maximum atomic E-state index is 11.6. The first-order valence-electron chi connectivity index (χ1n) is 5.15. The number of hydrogen-bond donors (Lipinski definition) is 2. The van der Waals surface area contributed by atoms with Crippen molar-refractivity contribution < 1.29 is 8.42 Å². The van der Waals surface area contributed by atoms with Gasteiger partial charge in [0.05, 0.1) is 0 Å². The van der Waals surface area contributed by atoms with E-state index in [1.165, 1.54) is 0 Å². The average Bonchev–Trinajstić information content (AvgIpc) is 2.65. The first-order valence-corrected chi connectivity index (χ1v) is 7.45. The number of nitrogen functional groups attached to an aromatic ring is 1. The van der Waals surface area contributed by atoms with Crippen LogP contribution in [0.2, 0.25) is 0 Å². The van der Waals surface area contributed by atoms with Gasteiger partial charge in [-0.3, -0.25) is 0 Å². The van der Waals surface area contributed by atoms with Gasteiger partial charge in [-0.25, -0.2) is 13.1 Å². The van der Waals surface area contributed by atoms with Crippen molar-refractivity contribution in [2.75, 3.05) is 12.3 Å². The molecule has 3 N–H and O–H groups in total. The third kappa shape index (κ3) is 4.03. The number of nitrogens with zero attached hydrogens (tertiary/aromatic N) is 2. The third-order valence-electron chi connectivity index (χ3n) is 1.97. The molecule has 0 saturated carbocycles. The van der Waals surface area contributed by atoms with Crippen LogP contribution in [-0.2, 0) is 10.0 Å². The van der Waals surface area contributed by atoms with E-state index in [1.807, 2.05) is 0 Å². The topological polar surface area (TPSA) is 98.0 Å². The van der Waals surface area contributed by atoms with E-state index in [4.69, 9.17) is 5.73 Å². The molecule has 92 valence electrons. The highest BCUT2D eigenvalue weighted by Gasteiger charge is 2.18. The van der Waals surface area contributed by atoms with Crippen LogP contribution in [0.15, 0.2) is 4.34 Å². The van der Waals surface area contributed by atoms with Crippen LogP contribution >= 0.6 is 11.3 Å². The number of hydrogen-bond acceptors (Lipinski definition) is 6. The molecule has 0 spiro atoms. The molecule has 6 nitrogen and oxygen atoms in total. The van der Waals surface area contributed by atoms with Crippen molar-refractivity contribution in [1.29, 1.82) is 0 Å². The Balaban J connectivity index is 2.41. The SMILES string of the molecule is CCCCCCNS(=O)(=O)c1nnc(N)s1. The van der Waals surface area contributed by atoms with Crippen molar-refractivity contribution in [3.8, 4) is 0 Å². The number of nitrogens with two attached hydrogens (primary N) is 1. The molecule has 8 heteroatoms. The summed E-state index contributed by atoms with van der Waals surface area (Å²) in [4.78, 5) is 0. The molecule has 1 heterocycles. The van der Waals surface area contributed by atoms with Crippen LogP contribution in [0.4, 0.5) is 5.13 Å². The number of unbranched alkanes of at least 4 members (excludes halogenated alkanes) is 3. The molecule has 0 amide bonds. The summed E-state index contributed by atoms with van der Waals surface area (Å²) in [6.45, 7) is 2.54. The Labute approximate surface area is 99.3 Å².